The molecule has 0 unspecified atom stereocenters. The van der Waals surface area contributed by atoms with Crippen LogP contribution in [0.3, 0.4) is 0 Å². The molecule has 4 N–H and O–H groups in total. The lowest BCUT2D eigenvalue weighted by Crippen LogP contribution is -3.00. The van der Waals surface area contributed by atoms with Crippen molar-refractivity contribution in [3.63, 3.8) is 0 Å². The summed E-state index contributed by atoms with van der Waals surface area (Å²) >= 11 is 0. The molecule has 0 saturated heterocycles. The van der Waals surface area contributed by atoms with Crippen LogP contribution < -0.4 is 52.9 Å². The Balaban J connectivity index is 0.00000541. The molecule has 0 atom stereocenters. The van der Waals surface area contributed by atoms with Crippen LogP contribution in [0.1, 0.15) is 84.7 Å². The predicted molar refractivity (Wildman–Crippen MR) is 223 cm³/mol. The third-order valence-electron chi connectivity index (χ3n) is 10.0. The highest BCUT2D eigenvalue weighted by molar-refractivity contribution is 5.72. The van der Waals surface area contributed by atoms with Crippen molar-refractivity contribution in [2.24, 2.45) is 0 Å². The van der Waals surface area contributed by atoms with Crippen LogP contribution in [0.15, 0.2) is 85.5 Å². The van der Waals surface area contributed by atoms with E-state index in [2.05, 4.69) is 108 Å². The number of rotatable bonds is 25. The van der Waals surface area contributed by atoms with Crippen molar-refractivity contribution in [3.8, 4) is 0 Å². The molecular weight excluding hydrogens is 832 g/mol. The molecule has 0 aliphatic carbocycles. The Morgan fingerprint density at radius 3 is 1.07 bits per heavy atom. The second-order valence-corrected chi connectivity index (χ2v) is 14.2. The van der Waals surface area contributed by atoms with Crippen LogP contribution in [0.4, 0.5) is 11.4 Å². The smallest absolute Gasteiger partial charge is 0.172 e. The molecule has 0 aliphatic rings. The van der Waals surface area contributed by atoms with Gasteiger partial charge in [-0.15, -0.1) is 0 Å². The first-order valence-electron chi connectivity index (χ1n) is 19.9. The van der Waals surface area contributed by atoms with E-state index in [1.54, 1.807) is 0 Å². The molecule has 4 rings (SSSR count). The topological polar surface area (TPSA) is 95.2 Å². The van der Waals surface area contributed by atoms with Gasteiger partial charge in [-0.3, -0.25) is 0 Å². The zero-order chi connectivity index (χ0) is 38.4. The van der Waals surface area contributed by atoms with E-state index in [9.17, 15) is 20.4 Å². The first-order valence-corrected chi connectivity index (χ1v) is 19.9. The molecule has 4 aromatic rings. The Kier molecular flexibility index (Phi) is 24.5. The predicted octanol–water partition coefficient (Wildman–Crippen LogP) is 0.630. The zero-order valence-corrected chi connectivity index (χ0v) is 36.6. The lowest BCUT2D eigenvalue weighted by molar-refractivity contribution is -0.697. The molecule has 0 aliphatic heterocycles. The lowest BCUT2D eigenvalue weighted by Gasteiger charge is -2.22. The Hall–Kier alpha value is -3.38. The number of nitrogens with zero attached hydrogens (tertiary/aromatic N) is 4. The summed E-state index contributed by atoms with van der Waals surface area (Å²) in [5.74, 6) is 0. The molecule has 10 heteroatoms. The summed E-state index contributed by atoms with van der Waals surface area (Å²) < 4.78 is 4.63. The van der Waals surface area contributed by atoms with Crippen LogP contribution in [-0.4, -0.2) is 73.0 Å². The van der Waals surface area contributed by atoms with Crippen LogP contribution in [0.25, 0.3) is 24.3 Å². The van der Waals surface area contributed by atoms with Gasteiger partial charge in [-0.05, 0) is 73.2 Å². The fraction of sp³-hybridized carbons (Fsp3) is 0.435. The fourth-order valence-corrected chi connectivity index (χ4v) is 6.84. The molecule has 2 heterocycles. The van der Waals surface area contributed by atoms with E-state index in [1.165, 1.54) is 73.6 Å². The molecule has 0 fully saturated rings. The van der Waals surface area contributed by atoms with Crippen molar-refractivity contribution in [2.75, 3.05) is 62.4 Å². The minimum absolute atomic E-state index is 0. The summed E-state index contributed by atoms with van der Waals surface area (Å²) in [6.45, 7) is 8.76. The standard InChI is InChI=1S/C46H64N4O4.2BrH/c1-39-37-47(27-23-43(39)17-11-41-13-19-45(20-14-41)49(29-33-51)30-34-52)25-9-7-5-3-4-6-8-10-26-48-28-24-44(40(2)38-48)18-12-42-15-21-46(22-16-42)50(31-35-53)32-36-54;;/h11-24,27-28,37-38,51-54H,3-10,25-26,29-36H2,1-2H3;2*1H/q+2;;/p-2. The van der Waals surface area contributed by atoms with Gasteiger partial charge in [0, 0.05) is 73.7 Å². The largest absolute Gasteiger partial charge is 1.00 e. The normalized spacial score (nSPS) is 11.2. The molecule has 0 radical (unpaired) electrons. The van der Waals surface area contributed by atoms with E-state index in [0.717, 1.165) is 35.6 Å². The summed E-state index contributed by atoms with van der Waals surface area (Å²) in [6.07, 6.45) is 27.7. The minimum atomic E-state index is 0. The van der Waals surface area contributed by atoms with Crippen molar-refractivity contribution in [1.82, 2.24) is 0 Å². The SMILES string of the molecule is Cc1c[n+](CCCCCCCCCC[n+]2ccc(/C=C/c3ccc(N(CCO)CCO)cc3)c(C)c2)ccc1/C=C/c1ccc(N(CCO)CCO)cc1.[Br-].[Br-]. The van der Waals surface area contributed by atoms with Gasteiger partial charge in [-0.2, -0.15) is 0 Å². The number of hydrogen-bond acceptors (Lipinski definition) is 6. The molecule has 0 spiro atoms. The summed E-state index contributed by atoms with van der Waals surface area (Å²) in [5.41, 5.74) is 9.23. The number of hydrogen-bond donors (Lipinski definition) is 4. The van der Waals surface area contributed by atoms with E-state index >= 15 is 0 Å². The van der Waals surface area contributed by atoms with E-state index in [4.69, 9.17) is 0 Å². The van der Waals surface area contributed by atoms with Crippen LogP contribution in [0.2, 0.25) is 0 Å². The van der Waals surface area contributed by atoms with Crippen molar-refractivity contribution in [2.45, 2.75) is 78.3 Å². The first kappa shape index (κ1) is 48.8. The van der Waals surface area contributed by atoms with Crippen molar-refractivity contribution in [1.29, 1.82) is 0 Å². The Bertz CT molecular complexity index is 1580. The number of pyridine rings is 2. The van der Waals surface area contributed by atoms with Gasteiger partial charge in [-0.1, -0.05) is 74.3 Å². The monoisotopic (exact) mass is 894 g/mol. The van der Waals surface area contributed by atoms with E-state index in [0.29, 0.717) is 26.2 Å². The van der Waals surface area contributed by atoms with Crippen molar-refractivity contribution in [3.05, 3.63) is 119 Å². The maximum absolute atomic E-state index is 9.30. The molecule has 306 valence electrons. The average molecular weight is 897 g/mol. The maximum atomic E-state index is 9.30. The summed E-state index contributed by atoms with van der Waals surface area (Å²) in [5, 5.41) is 37.2. The zero-order valence-electron chi connectivity index (χ0n) is 33.5. The van der Waals surface area contributed by atoms with Gasteiger partial charge in [0.2, 0.25) is 0 Å². The molecule has 56 heavy (non-hydrogen) atoms. The third kappa shape index (κ3) is 17.0. The van der Waals surface area contributed by atoms with Crippen LogP contribution in [0.5, 0.6) is 0 Å². The molecular formula is C46H64Br2N4O4. The second-order valence-electron chi connectivity index (χ2n) is 14.2. The van der Waals surface area contributed by atoms with Gasteiger partial charge in [0.15, 0.2) is 24.8 Å². The van der Waals surface area contributed by atoms with Crippen LogP contribution in [-0.2, 0) is 13.1 Å². The maximum Gasteiger partial charge on any atom is 0.172 e. The minimum Gasteiger partial charge on any atom is -1.00 e. The Labute approximate surface area is 357 Å². The lowest BCUT2D eigenvalue weighted by atomic mass is 10.1. The quantitative estimate of drug-likeness (QED) is 0.0577. The number of aromatic nitrogens is 2. The second kappa shape index (κ2) is 28.1. The molecule has 8 nitrogen and oxygen atoms in total. The fourth-order valence-electron chi connectivity index (χ4n) is 6.84. The number of halogens is 2. The molecule has 2 aromatic heterocycles. The Morgan fingerprint density at radius 1 is 0.446 bits per heavy atom. The van der Waals surface area contributed by atoms with E-state index < -0.39 is 0 Å². The molecule has 0 saturated carbocycles. The van der Waals surface area contributed by atoms with Gasteiger partial charge < -0.3 is 64.2 Å². The van der Waals surface area contributed by atoms with E-state index in [-0.39, 0.29) is 60.4 Å². The number of aliphatic hydroxyl groups is 4. The molecule has 0 amide bonds. The summed E-state index contributed by atoms with van der Waals surface area (Å²) in [4.78, 5) is 3.97. The number of benzene rings is 2. The van der Waals surface area contributed by atoms with Gasteiger partial charge >= 0.3 is 0 Å². The third-order valence-corrected chi connectivity index (χ3v) is 10.0. The van der Waals surface area contributed by atoms with Gasteiger partial charge in [0.05, 0.1) is 26.4 Å². The summed E-state index contributed by atoms with van der Waals surface area (Å²) in [6, 6.07) is 20.9. The molecule has 2 aromatic carbocycles. The highest BCUT2D eigenvalue weighted by atomic mass is 79.9. The van der Waals surface area contributed by atoms with Crippen LogP contribution >= 0.6 is 0 Å². The highest BCUT2D eigenvalue weighted by Crippen LogP contribution is 2.19. The number of anilines is 2. The number of unbranched alkanes of at least 4 members (excludes halogenated alkanes) is 7. The summed E-state index contributed by atoms with van der Waals surface area (Å²) in [7, 11) is 0. The van der Waals surface area contributed by atoms with Crippen molar-refractivity contribution < 1.29 is 63.5 Å². The first-order chi connectivity index (χ1) is 26.4. The van der Waals surface area contributed by atoms with Crippen molar-refractivity contribution >= 4 is 35.7 Å². The van der Waals surface area contributed by atoms with E-state index in [1.807, 2.05) is 34.1 Å². The van der Waals surface area contributed by atoms with Gasteiger partial charge in [0.25, 0.3) is 0 Å². The van der Waals surface area contributed by atoms with Crippen LogP contribution in [0, 0.1) is 13.8 Å². The van der Waals surface area contributed by atoms with Gasteiger partial charge in [-0.25, -0.2) is 9.13 Å². The number of aliphatic hydroxyl groups excluding tert-OH is 4. The van der Waals surface area contributed by atoms with Gasteiger partial charge in [0.1, 0.15) is 13.1 Å². The average Bonchev–Trinajstić information content (AvgIpc) is 3.18. The molecule has 0 bridgehead atoms. The number of aryl methyl sites for hydroxylation is 4. The Morgan fingerprint density at radius 2 is 0.768 bits per heavy atom. The highest BCUT2D eigenvalue weighted by Gasteiger charge is 2.08.